The Labute approximate surface area is 176 Å². The van der Waals surface area contributed by atoms with E-state index >= 15 is 0 Å². The lowest BCUT2D eigenvalue weighted by atomic mass is 9.82. The van der Waals surface area contributed by atoms with Gasteiger partial charge in [-0.3, -0.25) is 9.59 Å². The molecule has 1 saturated carbocycles. The van der Waals surface area contributed by atoms with E-state index in [1.807, 2.05) is 0 Å². The Kier molecular flexibility index (Phi) is 4.38. The molecule has 2 nitrogen and oxygen atoms in total. The third-order valence-electron chi connectivity index (χ3n) is 8.26. The standard InChI is InChI=1S/C22H40O2Si4/c1-25(2,3)16-15-17-20(26(4,5)6)13-14-21(19(20)24,27(7,8)9)22(17,18(16)23)28(10,11)12/h13-15,17H,1-12H3. The Morgan fingerprint density at radius 2 is 1.21 bits per heavy atom. The summed E-state index contributed by atoms with van der Waals surface area (Å²) in [4.78, 5) is 29.0. The largest absolute Gasteiger partial charge is 0.298 e. The number of rotatable bonds is 4. The molecule has 0 aromatic rings. The average Bonchev–Trinajstić information content (AvgIpc) is 2.99. The SMILES string of the molecule is C[Si](C)(C)C1=CC2C3([Si](C)(C)C)C=CC([Si](C)(C)C)(C3=O)C2([Si](C)(C)C)C1=O. The fourth-order valence-corrected chi connectivity index (χ4v) is 20.4. The zero-order chi connectivity index (χ0) is 21.9. The van der Waals surface area contributed by atoms with Gasteiger partial charge in [0.05, 0.1) is 37.3 Å². The number of Topliss-reactive ketones (excluding diaryl/α,β-unsaturated/α-hetero) is 2. The van der Waals surface area contributed by atoms with Crippen LogP contribution < -0.4 is 0 Å². The molecule has 0 amide bonds. The molecule has 4 unspecified atom stereocenters. The van der Waals surface area contributed by atoms with Gasteiger partial charge in [-0.1, -0.05) is 96.8 Å². The monoisotopic (exact) mass is 448 g/mol. The van der Waals surface area contributed by atoms with Crippen molar-refractivity contribution in [3.8, 4) is 0 Å². The third-order valence-corrected chi connectivity index (χ3v) is 20.2. The van der Waals surface area contributed by atoms with Gasteiger partial charge in [-0.15, -0.1) is 0 Å². The minimum absolute atomic E-state index is 0.0942. The lowest BCUT2D eigenvalue weighted by Crippen LogP contribution is -2.60. The van der Waals surface area contributed by atoms with Gasteiger partial charge in [-0.05, 0) is 5.20 Å². The molecule has 0 radical (unpaired) electrons. The Bertz CT molecular complexity index is 829. The molecule has 2 bridgehead atoms. The molecule has 0 heterocycles. The summed E-state index contributed by atoms with van der Waals surface area (Å²) in [6.07, 6.45) is 6.99. The van der Waals surface area contributed by atoms with Crippen molar-refractivity contribution >= 4 is 43.9 Å². The molecule has 0 aromatic carbocycles. The van der Waals surface area contributed by atoms with Crippen LogP contribution in [0.25, 0.3) is 0 Å². The average molecular weight is 449 g/mol. The Hall–Kier alpha value is -0.312. The van der Waals surface area contributed by atoms with Crippen LogP contribution in [0.5, 0.6) is 0 Å². The molecule has 4 atom stereocenters. The van der Waals surface area contributed by atoms with E-state index < -0.39 is 47.4 Å². The van der Waals surface area contributed by atoms with Crippen LogP contribution in [-0.4, -0.2) is 43.9 Å². The van der Waals surface area contributed by atoms with Crippen molar-refractivity contribution in [1.82, 2.24) is 0 Å². The van der Waals surface area contributed by atoms with Gasteiger partial charge < -0.3 is 0 Å². The first-order valence-electron chi connectivity index (χ1n) is 10.8. The molecular formula is C22H40O2Si4. The minimum Gasteiger partial charge on any atom is -0.298 e. The Morgan fingerprint density at radius 3 is 1.57 bits per heavy atom. The highest BCUT2D eigenvalue weighted by Crippen LogP contribution is 2.87. The lowest BCUT2D eigenvalue weighted by molar-refractivity contribution is -0.123. The Morgan fingerprint density at radius 1 is 0.714 bits per heavy atom. The summed E-state index contributed by atoms with van der Waals surface area (Å²) in [5.41, 5.74) is 0. The zero-order valence-electron chi connectivity index (χ0n) is 20.1. The van der Waals surface area contributed by atoms with Gasteiger partial charge in [-0.25, -0.2) is 0 Å². The molecule has 1 fully saturated rings. The van der Waals surface area contributed by atoms with Gasteiger partial charge in [0.2, 0.25) is 0 Å². The molecule has 0 aromatic heterocycles. The predicted octanol–water partition coefficient (Wildman–Crippen LogP) is 6.38. The summed E-state index contributed by atoms with van der Waals surface area (Å²) < 4.78 is 0. The smallest absolute Gasteiger partial charge is 0.159 e. The fourth-order valence-electron chi connectivity index (χ4n) is 7.14. The second-order valence-corrected chi connectivity index (χ2v) is 34.5. The minimum atomic E-state index is -2.06. The van der Waals surface area contributed by atoms with E-state index in [1.54, 1.807) is 0 Å². The van der Waals surface area contributed by atoms with Crippen LogP contribution in [0.1, 0.15) is 0 Å². The maximum absolute atomic E-state index is 14.5. The molecule has 3 aliphatic rings. The molecule has 0 spiro atoms. The second kappa shape index (κ2) is 5.48. The summed E-state index contributed by atoms with van der Waals surface area (Å²) in [6.45, 7) is 28.0. The van der Waals surface area contributed by atoms with Crippen LogP contribution in [0, 0.1) is 5.92 Å². The first kappa shape index (κ1) is 22.4. The van der Waals surface area contributed by atoms with Crippen LogP contribution in [0.2, 0.25) is 93.7 Å². The number of hydrogen-bond donors (Lipinski definition) is 0. The summed E-state index contributed by atoms with van der Waals surface area (Å²) in [7, 11) is -7.81. The second-order valence-electron chi connectivity index (χ2n) is 13.5. The molecule has 0 saturated heterocycles. The normalized spacial score (nSPS) is 38.3. The van der Waals surface area contributed by atoms with E-state index in [2.05, 4.69) is 96.8 Å². The summed E-state index contributed by atoms with van der Waals surface area (Å²) in [6, 6.07) is 0. The van der Waals surface area contributed by atoms with Crippen LogP contribution in [0.4, 0.5) is 0 Å². The van der Waals surface area contributed by atoms with E-state index in [0.29, 0.717) is 11.6 Å². The summed E-state index contributed by atoms with van der Waals surface area (Å²) in [5, 5.41) is -0.303. The van der Waals surface area contributed by atoms with Gasteiger partial charge in [0.1, 0.15) is 5.78 Å². The van der Waals surface area contributed by atoms with Gasteiger partial charge in [0.25, 0.3) is 0 Å². The highest BCUT2D eigenvalue weighted by molar-refractivity contribution is 6.98. The summed E-state index contributed by atoms with van der Waals surface area (Å²) in [5.74, 6) is 0.915. The quantitative estimate of drug-likeness (QED) is 0.369. The van der Waals surface area contributed by atoms with Crippen molar-refractivity contribution in [2.75, 3.05) is 0 Å². The molecular weight excluding hydrogens is 409 g/mol. The van der Waals surface area contributed by atoms with Crippen molar-refractivity contribution < 1.29 is 9.59 Å². The number of hydrogen-bond acceptors (Lipinski definition) is 2. The molecule has 156 valence electrons. The number of carbonyl (C=O) groups is 2. The highest BCUT2D eigenvalue weighted by Gasteiger charge is 2.86. The summed E-state index contributed by atoms with van der Waals surface area (Å²) >= 11 is 0. The molecule has 28 heavy (non-hydrogen) atoms. The number of ketones is 2. The lowest BCUT2D eigenvalue weighted by Gasteiger charge is -2.56. The molecule has 3 aliphatic carbocycles. The first-order valence-corrected chi connectivity index (χ1v) is 24.8. The van der Waals surface area contributed by atoms with Crippen molar-refractivity contribution in [3.05, 3.63) is 23.4 Å². The van der Waals surface area contributed by atoms with Crippen LogP contribution in [0.3, 0.4) is 0 Å². The molecule has 0 aliphatic heterocycles. The van der Waals surface area contributed by atoms with Crippen LogP contribution in [0.15, 0.2) is 23.4 Å². The Balaban J connectivity index is 2.54. The van der Waals surface area contributed by atoms with E-state index in [4.69, 9.17) is 0 Å². The number of allylic oxidation sites excluding steroid dienone is 4. The maximum atomic E-state index is 14.5. The van der Waals surface area contributed by atoms with E-state index in [1.165, 1.54) is 0 Å². The molecule has 3 rings (SSSR count). The van der Waals surface area contributed by atoms with Crippen molar-refractivity contribution in [3.63, 3.8) is 0 Å². The zero-order valence-corrected chi connectivity index (χ0v) is 24.1. The van der Waals surface area contributed by atoms with Crippen LogP contribution >= 0.6 is 0 Å². The van der Waals surface area contributed by atoms with Crippen molar-refractivity contribution in [1.29, 1.82) is 0 Å². The predicted molar refractivity (Wildman–Crippen MR) is 132 cm³/mol. The first-order chi connectivity index (χ1) is 12.2. The van der Waals surface area contributed by atoms with E-state index in [0.717, 1.165) is 5.20 Å². The van der Waals surface area contributed by atoms with Crippen molar-refractivity contribution in [2.45, 2.75) is 93.7 Å². The van der Waals surface area contributed by atoms with E-state index in [9.17, 15) is 9.59 Å². The van der Waals surface area contributed by atoms with Gasteiger partial charge >= 0.3 is 0 Å². The number of fused-ring (bicyclic) bond motifs is 5. The number of carbonyl (C=O) groups excluding carboxylic acids is 2. The van der Waals surface area contributed by atoms with Crippen LogP contribution in [-0.2, 0) is 9.59 Å². The van der Waals surface area contributed by atoms with Gasteiger partial charge in [-0.2, -0.15) is 0 Å². The van der Waals surface area contributed by atoms with Crippen molar-refractivity contribution in [2.24, 2.45) is 5.92 Å². The fraction of sp³-hybridized carbons (Fsp3) is 0.727. The topological polar surface area (TPSA) is 34.1 Å². The van der Waals surface area contributed by atoms with Gasteiger partial charge in [0, 0.05) is 16.0 Å². The maximum Gasteiger partial charge on any atom is 0.159 e. The molecule has 6 heteroatoms. The molecule has 0 N–H and O–H groups in total. The third kappa shape index (κ3) is 2.08. The van der Waals surface area contributed by atoms with E-state index in [-0.39, 0.29) is 5.92 Å². The highest BCUT2D eigenvalue weighted by atomic mass is 28.3. The van der Waals surface area contributed by atoms with Gasteiger partial charge in [0.15, 0.2) is 5.78 Å².